The van der Waals surface area contributed by atoms with Gasteiger partial charge >= 0.3 is 5.97 Å². The van der Waals surface area contributed by atoms with Crippen molar-refractivity contribution >= 4 is 23.5 Å². The lowest BCUT2D eigenvalue weighted by molar-refractivity contribution is -0.126. The number of carbonyl (C=O) groups is 3. The van der Waals surface area contributed by atoms with Crippen LogP contribution in [0, 0.1) is 11.8 Å². The first-order valence-electron chi connectivity index (χ1n) is 7.98. The first-order valence-corrected chi connectivity index (χ1v) is 7.98. The molecule has 0 aliphatic carbocycles. The van der Waals surface area contributed by atoms with Gasteiger partial charge in [0, 0.05) is 0 Å². The van der Waals surface area contributed by atoms with Crippen molar-refractivity contribution in [3.8, 4) is 0 Å². The fraction of sp³-hybridized carbons (Fsp3) is 0.389. The summed E-state index contributed by atoms with van der Waals surface area (Å²) in [6.45, 7) is 3.87. The number of nitrogens with zero attached hydrogens (tertiary/aromatic N) is 1. The average molecular weight is 327 g/mol. The number of imide groups is 1. The van der Waals surface area contributed by atoms with Gasteiger partial charge in [-0.2, -0.15) is 0 Å². The number of anilines is 1. The molecule has 0 saturated carbocycles. The van der Waals surface area contributed by atoms with Crippen LogP contribution < -0.4 is 4.90 Å². The summed E-state index contributed by atoms with van der Waals surface area (Å²) in [6.07, 6.45) is 3.40. The van der Waals surface area contributed by atoms with Gasteiger partial charge in [0.2, 0.25) is 11.8 Å². The van der Waals surface area contributed by atoms with Crippen LogP contribution in [0.25, 0.3) is 0 Å². The Kier molecular flexibility index (Phi) is 3.15. The summed E-state index contributed by atoms with van der Waals surface area (Å²) < 4.78 is 10.7. The second kappa shape index (κ2) is 5.01. The van der Waals surface area contributed by atoms with Gasteiger partial charge in [-0.15, -0.1) is 0 Å². The zero-order valence-corrected chi connectivity index (χ0v) is 13.4. The number of rotatable bonds is 3. The molecule has 4 rings (SSSR count). The minimum atomic E-state index is -0.707. The summed E-state index contributed by atoms with van der Waals surface area (Å²) in [5.74, 6) is -1.86. The summed E-state index contributed by atoms with van der Waals surface area (Å²) in [5, 5.41) is 0. The molecule has 6 heteroatoms. The molecule has 0 spiro atoms. The van der Waals surface area contributed by atoms with Crippen LogP contribution in [-0.4, -0.2) is 36.1 Å². The van der Waals surface area contributed by atoms with Crippen LogP contribution in [0.3, 0.4) is 0 Å². The molecule has 2 fully saturated rings. The molecular weight excluding hydrogens is 310 g/mol. The molecule has 0 unspecified atom stereocenters. The second-order valence-electron chi connectivity index (χ2n) is 6.41. The largest absolute Gasteiger partial charge is 0.462 e. The number of hydrogen-bond donors (Lipinski definition) is 0. The van der Waals surface area contributed by atoms with Crippen LogP contribution in [0.5, 0.6) is 0 Å². The lowest BCUT2D eigenvalue weighted by Gasteiger charge is -2.24. The third kappa shape index (κ3) is 1.89. The van der Waals surface area contributed by atoms with Gasteiger partial charge in [0.05, 0.1) is 41.4 Å². The minimum absolute atomic E-state index is 0.244. The Morgan fingerprint density at radius 3 is 2.58 bits per heavy atom. The van der Waals surface area contributed by atoms with E-state index in [-0.39, 0.29) is 17.9 Å². The number of benzene rings is 1. The number of fused-ring (bicyclic) bond motifs is 5. The number of ether oxygens (including phenoxy) is 2. The van der Waals surface area contributed by atoms with Gasteiger partial charge in [-0.3, -0.25) is 9.59 Å². The molecule has 2 amide bonds. The minimum Gasteiger partial charge on any atom is -0.462 e. The Bertz CT molecular complexity index is 768. The van der Waals surface area contributed by atoms with E-state index in [0.717, 1.165) is 0 Å². The SMILES string of the molecule is CCOC(=O)c1ccc(N2C(=O)[C@@H]3[C@@H](C2=O)[C@@]2(C)C=C[C@H]3O2)cc1. The molecule has 6 nitrogen and oxygen atoms in total. The van der Waals surface area contributed by atoms with Gasteiger partial charge in [0.25, 0.3) is 0 Å². The fourth-order valence-corrected chi connectivity index (χ4v) is 3.87. The van der Waals surface area contributed by atoms with E-state index in [1.165, 1.54) is 4.90 Å². The van der Waals surface area contributed by atoms with Gasteiger partial charge in [-0.25, -0.2) is 9.69 Å². The van der Waals surface area contributed by atoms with Crippen LogP contribution in [-0.2, 0) is 19.1 Å². The smallest absolute Gasteiger partial charge is 0.338 e. The maximum Gasteiger partial charge on any atom is 0.338 e. The first kappa shape index (κ1) is 15.1. The Balaban J connectivity index is 1.63. The molecule has 3 aliphatic heterocycles. The highest BCUT2D eigenvalue weighted by molar-refractivity contribution is 6.23. The third-order valence-electron chi connectivity index (χ3n) is 4.97. The molecule has 124 valence electrons. The lowest BCUT2D eigenvalue weighted by atomic mass is 9.78. The molecule has 3 aliphatic rings. The van der Waals surface area contributed by atoms with Gasteiger partial charge in [0.15, 0.2) is 0 Å². The van der Waals surface area contributed by atoms with Crippen molar-refractivity contribution in [2.24, 2.45) is 11.8 Å². The summed E-state index contributed by atoms with van der Waals surface area (Å²) in [5.41, 5.74) is 0.147. The van der Waals surface area contributed by atoms with E-state index in [1.807, 2.05) is 19.1 Å². The molecule has 0 radical (unpaired) electrons. The first-order chi connectivity index (χ1) is 11.5. The van der Waals surface area contributed by atoms with Crippen molar-refractivity contribution in [2.45, 2.75) is 25.6 Å². The van der Waals surface area contributed by atoms with Gasteiger partial charge in [-0.1, -0.05) is 12.2 Å². The van der Waals surface area contributed by atoms with Crippen molar-refractivity contribution < 1.29 is 23.9 Å². The summed E-state index contributed by atoms with van der Waals surface area (Å²) in [6, 6.07) is 6.32. The number of hydrogen-bond acceptors (Lipinski definition) is 5. The summed E-state index contributed by atoms with van der Waals surface area (Å²) in [7, 11) is 0. The van der Waals surface area contributed by atoms with Crippen LogP contribution in [0.2, 0.25) is 0 Å². The highest BCUT2D eigenvalue weighted by Gasteiger charge is 2.65. The molecule has 2 bridgehead atoms. The zero-order chi connectivity index (χ0) is 17.1. The molecule has 3 heterocycles. The number of esters is 1. The third-order valence-corrected chi connectivity index (χ3v) is 4.97. The Labute approximate surface area is 139 Å². The van der Waals surface area contributed by atoms with Crippen LogP contribution >= 0.6 is 0 Å². The molecule has 1 aromatic rings. The summed E-state index contributed by atoms with van der Waals surface area (Å²) in [4.78, 5) is 38.5. The standard InChI is InChI=1S/C18H17NO5/c1-3-23-17(22)10-4-6-11(7-5-10)19-15(20)13-12-8-9-18(2,24-12)14(13)16(19)21/h4-9,12-14H,3H2,1-2H3/t12-,13+,14+,18-/m1/s1. The monoisotopic (exact) mass is 327 g/mol. The second-order valence-corrected chi connectivity index (χ2v) is 6.41. The van der Waals surface area contributed by atoms with Crippen molar-refractivity contribution in [2.75, 3.05) is 11.5 Å². The van der Waals surface area contributed by atoms with Crippen molar-refractivity contribution in [3.63, 3.8) is 0 Å². The Morgan fingerprint density at radius 1 is 1.25 bits per heavy atom. The van der Waals surface area contributed by atoms with E-state index in [9.17, 15) is 14.4 Å². The molecule has 1 aromatic carbocycles. The van der Waals surface area contributed by atoms with Gasteiger partial charge in [-0.05, 0) is 38.1 Å². The summed E-state index contributed by atoms with van der Waals surface area (Å²) >= 11 is 0. The maximum absolute atomic E-state index is 12.8. The number of amides is 2. The topological polar surface area (TPSA) is 72.9 Å². The van der Waals surface area contributed by atoms with Crippen molar-refractivity contribution in [1.29, 1.82) is 0 Å². The van der Waals surface area contributed by atoms with E-state index >= 15 is 0 Å². The molecule has 2 saturated heterocycles. The van der Waals surface area contributed by atoms with E-state index in [2.05, 4.69) is 0 Å². The van der Waals surface area contributed by atoms with Gasteiger partial charge < -0.3 is 9.47 Å². The van der Waals surface area contributed by atoms with E-state index < -0.39 is 23.4 Å². The quantitative estimate of drug-likeness (QED) is 0.480. The van der Waals surface area contributed by atoms with E-state index in [4.69, 9.17) is 9.47 Å². The predicted octanol–water partition coefficient (Wildman–Crippen LogP) is 1.70. The highest BCUT2D eigenvalue weighted by Crippen LogP contribution is 2.52. The normalized spacial score (nSPS) is 33.2. The van der Waals surface area contributed by atoms with Crippen LogP contribution in [0.15, 0.2) is 36.4 Å². The van der Waals surface area contributed by atoms with Crippen LogP contribution in [0.1, 0.15) is 24.2 Å². The predicted molar refractivity (Wildman–Crippen MR) is 84.3 cm³/mol. The van der Waals surface area contributed by atoms with Crippen molar-refractivity contribution in [3.05, 3.63) is 42.0 Å². The fourth-order valence-electron chi connectivity index (χ4n) is 3.87. The van der Waals surface area contributed by atoms with E-state index in [1.54, 1.807) is 31.2 Å². The molecule has 0 N–H and O–H groups in total. The van der Waals surface area contributed by atoms with Gasteiger partial charge in [0.1, 0.15) is 0 Å². The average Bonchev–Trinajstić information content (AvgIpc) is 3.17. The molecule has 4 atom stereocenters. The van der Waals surface area contributed by atoms with Crippen molar-refractivity contribution in [1.82, 2.24) is 0 Å². The molecule has 24 heavy (non-hydrogen) atoms. The zero-order valence-electron chi connectivity index (χ0n) is 13.4. The Hall–Kier alpha value is -2.47. The molecular formula is C18H17NO5. The highest BCUT2D eigenvalue weighted by atomic mass is 16.5. The number of carbonyl (C=O) groups excluding carboxylic acids is 3. The van der Waals surface area contributed by atoms with E-state index in [0.29, 0.717) is 17.9 Å². The maximum atomic E-state index is 12.8. The van der Waals surface area contributed by atoms with Crippen LogP contribution in [0.4, 0.5) is 5.69 Å². The molecule has 0 aromatic heterocycles. The Morgan fingerprint density at radius 2 is 1.96 bits per heavy atom. The lowest BCUT2D eigenvalue weighted by Crippen LogP contribution is -2.38.